The highest BCUT2D eigenvalue weighted by atomic mass is 35.5. The summed E-state index contributed by atoms with van der Waals surface area (Å²) in [7, 11) is 0. The summed E-state index contributed by atoms with van der Waals surface area (Å²) < 4.78 is 11.7. The quantitative estimate of drug-likeness (QED) is 0.501. The van der Waals surface area contributed by atoms with Gasteiger partial charge in [0.25, 0.3) is 5.91 Å². The Morgan fingerprint density at radius 1 is 0.750 bits per heavy atom. The fraction of sp³-hybridized carbons (Fsp3) is 0.269. The van der Waals surface area contributed by atoms with E-state index in [1.54, 1.807) is 0 Å². The van der Waals surface area contributed by atoms with E-state index in [1.165, 1.54) is 5.56 Å². The van der Waals surface area contributed by atoms with Gasteiger partial charge in [0.15, 0.2) is 18.1 Å². The van der Waals surface area contributed by atoms with Gasteiger partial charge in [-0.05, 0) is 35.4 Å². The van der Waals surface area contributed by atoms with Crippen molar-refractivity contribution in [1.82, 2.24) is 9.80 Å². The molecule has 166 valence electrons. The Morgan fingerprint density at radius 3 is 2.06 bits per heavy atom. The maximum absolute atomic E-state index is 12.7. The van der Waals surface area contributed by atoms with Gasteiger partial charge in [-0.3, -0.25) is 9.69 Å². The molecule has 0 spiro atoms. The summed E-state index contributed by atoms with van der Waals surface area (Å²) in [4.78, 5) is 16.9. The van der Waals surface area contributed by atoms with Crippen LogP contribution in [-0.4, -0.2) is 48.5 Å². The van der Waals surface area contributed by atoms with Crippen LogP contribution in [0.4, 0.5) is 0 Å². The molecule has 0 aromatic heterocycles. The van der Waals surface area contributed by atoms with Gasteiger partial charge in [-0.2, -0.15) is 0 Å². The van der Waals surface area contributed by atoms with E-state index in [1.807, 2.05) is 83.8 Å². The minimum atomic E-state index is -0.00555. The molecule has 0 saturated carbocycles. The van der Waals surface area contributed by atoms with Gasteiger partial charge in [0.05, 0.1) is 0 Å². The van der Waals surface area contributed by atoms with Crippen molar-refractivity contribution in [1.29, 1.82) is 0 Å². The largest absolute Gasteiger partial charge is 0.485 e. The molecule has 1 saturated heterocycles. The molecule has 0 N–H and O–H groups in total. The van der Waals surface area contributed by atoms with Crippen molar-refractivity contribution in [3.63, 3.8) is 0 Å². The lowest BCUT2D eigenvalue weighted by atomic mass is 10.2. The predicted molar refractivity (Wildman–Crippen MR) is 126 cm³/mol. The van der Waals surface area contributed by atoms with E-state index < -0.39 is 0 Å². The zero-order valence-electron chi connectivity index (χ0n) is 18.0. The summed E-state index contributed by atoms with van der Waals surface area (Å²) in [6.07, 6.45) is 0. The molecular formula is C26H27ClN2O3. The monoisotopic (exact) mass is 450 g/mol. The van der Waals surface area contributed by atoms with E-state index in [-0.39, 0.29) is 12.5 Å². The highest BCUT2D eigenvalue weighted by Crippen LogP contribution is 2.27. The third-order valence-corrected chi connectivity index (χ3v) is 5.73. The first-order valence-corrected chi connectivity index (χ1v) is 11.2. The Morgan fingerprint density at radius 2 is 1.38 bits per heavy atom. The third-order valence-electron chi connectivity index (χ3n) is 5.48. The summed E-state index contributed by atoms with van der Waals surface area (Å²) >= 11 is 5.96. The van der Waals surface area contributed by atoms with Crippen LogP contribution in [0.3, 0.4) is 0 Å². The molecule has 6 heteroatoms. The second kappa shape index (κ2) is 11.0. The Balaban J connectivity index is 1.24. The second-order valence-corrected chi connectivity index (χ2v) is 8.23. The van der Waals surface area contributed by atoms with E-state index in [0.717, 1.165) is 30.2 Å². The summed E-state index contributed by atoms with van der Waals surface area (Å²) in [5.41, 5.74) is 2.31. The first-order valence-electron chi connectivity index (χ1n) is 10.8. The van der Waals surface area contributed by atoms with Crippen LogP contribution >= 0.6 is 11.6 Å². The molecular weight excluding hydrogens is 424 g/mol. The van der Waals surface area contributed by atoms with E-state index in [9.17, 15) is 4.79 Å². The molecule has 1 aliphatic heterocycles. The Labute approximate surface area is 194 Å². The number of hydrogen-bond donors (Lipinski definition) is 0. The number of rotatable bonds is 8. The SMILES string of the molecule is O=C(COc1ccccc1OCc1ccccc1)N1CCN(Cc2ccc(Cl)cc2)CC1. The Kier molecular flexibility index (Phi) is 7.64. The molecule has 0 radical (unpaired) electrons. The zero-order chi connectivity index (χ0) is 22.2. The number of para-hydroxylation sites is 2. The highest BCUT2D eigenvalue weighted by molar-refractivity contribution is 6.30. The van der Waals surface area contributed by atoms with E-state index in [2.05, 4.69) is 4.90 Å². The predicted octanol–water partition coefficient (Wildman–Crippen LogP) is 4.64. The highest BCUT2D eigenvalue weighted by Gasteiger charge is 2.21. The van der Waals surface area contributed by atoms with Crippen molar-refractivity contribution in [3.05, 3.63) is 95.0 Å². The molecule has 32 heavy (non-hydrogen) atoms. The van der Waals surface area contributed by atoms with Gasteiger partial charge in [-0.15, -0.1) is 0 Å². The summed E-state index contributed by atoms with van der Waals surface area (Å²) in [5.74, 6) is 1.21. The lowest BCUT2D eigenvalue weighted by Gasteiger charge is -2.34. The van der Waals surface area contributed by atoms with Gasteiger partial charge >= 0.3 is 0 Å². The topological polar surface area (TPSA) is 42.0 Å². The molecule has 0 aliphatic carbocycles. The average molecular weight is 451 g/mol. The standard InChI is InChI=1S/C26H27ClN2O3/c27-23-12-10-21(11-13-23)18-28-14-16-29(17-15-28)26(30)20-32-25-9-5-4-8-24(25)31-19-22-6-2-1-3-7-22/h1-13H,14-20H2. The van der Waals surface area contributed by atoms with Crippen molar-refractivity contribution >= 4 is 17.5 Å². The smallest absolute Gasteiger partial charge is 0.260 e. The maximum atomic E-state index is 12.7. The molecule has 0 atom stereocenters. The van der Waals surface area contributed by atoms with Gasteiger partial charge in [-0.25, -0.2) is 0 Å². The number of ether oxygens (including phenoxy) is 2. The minimum Gasteiger partial charge on any atom is -0.485 e. The molecule has 3 aromatic carbocycles. The molecule has 4 rings (SSSR count). The minimum absolute atomic E-state index is 0.00287. The first-order chi connectivity index (χ1) is 15.7. The number of nitrogens with zero attached hydrogens (tertiary/aromatic N) is 2. The van der Waals surface area contributed by atoms with E-state index >= 15 is 0 Å². The van der Waals surface area contributed by atoms with Crippen molar-refractivity contribution in [3.8, 4) is 11.5 Å². The second-order valence-electron chi connectivity index (χ2n) is 7.79. The number of carbonyl (C=O) groups is 1. The van der Waals surface area contributed by atoms with Crippen molar-refractivity contribution in [2.24, 2.45) is 0 Å². The van der Waals surface area contributed by atoms with Gasteiger partial charge in [0.1, 0.15) is 6.61 Å². The fourth-order valence-electron chi connectivity index (χ4n) is 3.66. The van der Waals surface area contributed by atoms with Gasteiger partial charge in [0.2, 0.25) is 0 Å². The normalized spacial score (nSPS) is 14.2. The maximum Gasteiger partial charge on any atom is 0.260 e. The molecule has 0 unspecified atom stereocenters. The van der Waals surface area contributed by atoms with Crippen LogP contribution in [0.2, 0.25) is 5.02 Å². The Bertz CT molecular complexity index is 1000. The van der Waals surface area contributed by atoms with Crippen LogP contribution in [0.25, 0.3) is 0 Å². The fourth-order valence-corrected chi connectivity index (χ4v) is 3.78. The molecule has 1 amide bonds. The van der Waals surface area contributed by atoms with Crippen LogP contribution in [-0.2, 0) is 17.9 Å². The summed E-state index contributed by atoms with van der Waals surface area (Å²) in [5, 5.41) is 0.746. The molecule has 1 aliphatic rings. The third kappa shape index (κ3) is 6.25. The summed E-state index contributed by atoms with van der Waals surface area (Å²) in [6, 6.07) is 25.4. The number of carbonyl (C=O) groups excluding carboxylic acids is 1. The van der Waals surface area contributed by atoms with E-state index in [4.69, 9.17) is 21.1 Å². The van der Waals surface area contributed by atoms with Gasteiger partial charge in [-0.1, -0.05) is 66.2 Å². The zero-order valence-corrected chi connectivity index (χ0v) is 18.7. The molecule has 1 heterocycles. The molecule has 1 fully saturated rings. The lowest BCUT2D eigenvalue weighted by molar-refractivity contribution is -0.135. The van der Waals surface area contributed by atoms with Crippen LogP contribution in [0, 0.1) is 0 Å². The van der Waals surface area contributed by atoms with Crippen LogP contribution in [0.5, 0.6) is 11.5 Å². The molecule has 5 nitrogen and oxygen atoms in total. The number of halogens is 1. The number of hydrogen-bond acceptors (Lipinski definition) is 4. The molecule has 0 bridgehead atoms. The number of benzene rings is 3. The molecule has 3 aromatic rings. The van der Waals surface area contributed by atoms with Gasteiger partial charge in [0, 0.05) is 37.7 Å². The van der Waals surface area contributed by atoms with E-state index in [0.29, 0.717) is 31.2 Å². The van der Waals surface area contributed by atoms with Gasteiger partial charge < -0.3 is 14.4 Å². The van der Waals surface area contributed by atoms with Crippen molar-refractivity contribution < 1.29 is 14.3 Å². The van der Waals surface area contributed by atoms with Crippen LogP contribution < -0.4 is 9.47 Å². The summed E-state index contributed by atoms with van der Waals surface area (Å²) in [6.45, 7) is 4.38. The van der Waals surface area contributed by atoms with Crippen molar-refractivity contribution in [2.45, 2.75) is 13.2 Å². The van der Waals surface area contributed by atoms with Crippen LogP contribution in [0.1, 0.15) is 11.1 Å². The lowest BCUT2D eigenvalue weighted by Crippen LogP contribution is -2.49. The Hall–Kier alpha value is -3.02. The van der Waals surface area contributed by atoms with Crippen molar-refractivity contribution in [2.75, 3.05) is 32.8 Å². The first kappa shape index (κ1) is 22.2. The average Bonchev–Trinajstić information content (AvgIpc) is 2.84. The van der Waals surface area contributed by atoms with Crippen LogP contribution in [0.15, 0.2) is 78.9 Å². The number of piperazine rings is 1. The number of amides is 1.